The van der Waals surface area contributed by atoms with E-state index < -0.39 is 34.4 Å². The highest BCUT2D eigenvalue weighted by molar-refractivity contribution is 7.92. The smallest absolute Gasteiger partial charge is 0.264 e. The van der Waals surface area contributed by atoms with E-state index in [4.69, 9.17) is 34.8 Å². The molecule has 2 amide bonds. The Hall–Kier alpha value is -3.56. The third-order valence-corrected chi connectivity index (χ3v) is 9.76. The number of nitrogens with one attached hydrogen (secondary N) is 1. The number of rotatable bonds is 11. The van der Waals surface area contributed by atoms with Crippen LogP contribution in [0.25, 0.3) is 0 Å². The average molecular weight is 659 g/mol. The fourth-order valence-corrected chi connectivity index (χ4v) is 6.78. The number of hydrogen-bond donors (Lipinski definition) is 1. The first-order chi connectivity index (χ1) is 20.5. The molecule has 43 heavy (non-hydrogen) atoms. The molecule has 0 saturated heterocycles. The highest BCUT2D eigenvalue weighted by Crippen LogP contribution is 2.32. The van der Waals surface area contributed by atoms with Crippen molar-refractivity contribution >= 4 is 62.3 Å². The number of sulfonamides is 1. The molecule has 1 unspecified atom stereocenters. The molecular weight excluding hydrogens is 629 g/mol. The topological polar surface area (TPSA) is 86.8 Å². The van der Waals surface area contributed by atoms with Crippen LogP contribution in [-0.2, 0) is 32.6 Å². The van der Waals surface area contributed by atoms with Crippen molar-refractivity contribution in [3.05, 3.63) is 129 Å². The molecule has 4 aromatic rings. The van der Waals surface area contributed by atoms with Crippen LogP contribution in [0.5, 0.6) is 0 Å². The molecule has 0 heterocycles. The number of likely N-dealkylation sites (N-methyl/N-ethyl adjacent to an activating group) is 1. The van der Waals surface area contributed by atoms with Gasteiger partial charge in [0.05, 0.1) is 10.6 Å². The van der Waals surface area contributed by atoms with Crippen molar-refractivity contribution in [2.45, 2.75) is 30.8 Å². The zero-order valence-corrected chi connectivity index (χ0v) is 26.6. The lowest BCUT2D eigenvalue weighted by Crippen LogP contribution is -2.53. The summed E-state index contributed by atoms with van der Waals surface area (Å²) in [5, 5.41) is 3.71. The number of carbonyl (C=O) groups is 2. The molecule has 11 heteroatoms. The Morgan fingerprint density at radius 2 is 1.49 bits per heavy atom. The molecule has 0 aliphatic carbocycles. The lowest BCUT2D eigenvalue weighted by molar-refractivity contribution is -0.139. The zero-order chi connectivity index (χ0) is 31.1. The van der Waals surface area contributed by atoms with Gasteiger partial charge in [0.1, 0.15) is 12.6 Å². The van der Waals surface area contributed by atoms with Crippen LogP contribution in [0.15, 0.2) is 102 Å². The van der Waals surface area contributed by atoms with E-state index in [1.165, 1.54) is 24.1 Å². The van der Waals surface area contributed by atoms with Crippen LogP contribution in [0.2, 0.25) is 15.1 Å². The Labute approximate surface area is 267 Å². The second-order valence-electron chi connectivity index (χ2n) is 9.79. The highest BCUT2D eigenvalue weighted by Gasteiger charge is 2.35. The second-order valence-corrected chi connectivity index (χ2v) is 12.9. The molecular formula is C32H30Cl3N3O4S. The van der Waals surface area contributed by atoms with Gasteiger partial charge in [-0.25, -0.2) is 8.42 Å². The molecule has 4 aromatic carbocycles. The van der Waals surface area contributed by atoms with Gasteiger partial charge in [-0.2, -0.15) is 0 Å². The minimum Gasteiger partial charge on any atom is -0.357 e. The number of amides is 2. The maximum atomic E-state index is 14.4. The summed E-state index contributed by atoms with van der Waals surface area (Å²) in [6, 6.07) is 25.8. The SMILES string of the molecule is CNC(=O)C(Cc1ccccc1)N(Cc1ccc(Cl)cc1Cl)C(=O)CN(c1cccc(Cl)c1C)S(=O)(=O)c1ccccc1. The molecule has 7 nitrogen and oxygen atoms in total. The lowest BCUT2D eigenvalue weighted by Gasteiger charge is -2.34. The van der Waals surface area contributed by atoms with E-state index in [-0.39, 0.29) is 23.5 Å². The summed E-state index contributed by atoms with van der Waals surface area (Å²) in [5.74, 6) is -1.03. The van der Waals surface area contributed by atoms with Crippen LogP contribution in [0, 0.1) is 6.92 Å². The standard InChI is InChI=1S/C32H30Cl3N3O4S/c1-22-27(34)14-9-15-29(22)38(43(41,42)26-12-7-4-8-13-26)21-31(39)37(20-24-16-17-25(33)19-28(24)35)30(32(40)36-2)18-23-10-5-3-6-11-23/h3-17,19,30H,18,20-21H2,1-2H3,(H,36,40). The van der Waals surface area contributed by atoms with Crippen LogP contribution in [0.3, 0.4) is 0 Å². The number of hydrogen-bond acceptors (Lipinski definition) is 4. The minimum atomic E-state index is -4.24. The highest BCUT2D eigenvalue weighted by atomic mass is 35.5. The molecule has 1 N–H and O–H groups in total. The van der Waals surface area contributed by atoms with E-state index >= 15 is 0 Å². The predicted molar refractivity (Wildman–Crippen MR) is 172 cm³/mol. The average Bonchev–Trinajstić information content (AvgIpc) is 3.00. The van der Waals surface area contributed by atoms with Crippen LogP contribution in [-0.4, -0.2) is 44.8 Å². The molecule has 0 aliphatic rings. The number of anilines is 1. The summed E-state index contributed by atoms with van der Waals surface area (Å²) in [6.07, 6.45) is 0.180. The number of benzene rings is 4. The third-order valence-electron chi connectivity index (χ3n) is 6.99. The van der Waals surface area contributed by atoms with Crippen molar-refractivity contribution < 1.29 is 18.0 Å². The van der Waals surface area contributed by atoms with Gasteiger partial charge in [-0.15, -0.1) is 0 Å². The third kappa shape index (κ3) is 7.70. The maximum Gasteiger partial charge on any atom is 0.264 e. The first-order valence-electron chi connectivity index (χ1n) is 13.3. The molecule has 0 saturated carbocycles. The molecule has 0 fully saturated rings. The Bertz CT molecular complexity index is 1700. The van der Waals surface area contributed by atoms with Crippen LogP contribution in [0.1, 0.15) is 16.7 Å². The number of halogens is 3. The van der Waals surface area contributed by atoms with Crippen LogP contribution in [0.4, 0.5) is 5.69 Å². The predicted octanol–water partition coefficient (Wildman–Crippen LogP) is 6.54. The summed E-state index contributed by atoms with van der Waals surface area (Å²) < 4.78 is 29.1. The second kappa shape index (κ2) is 14.3. The summed E-state index contributed by atoms with van der Waals surface area (Å²) in [4.78, 5) is 29.1. The van der Waals surface area contributed by atoms with Gasteiger partial charge in [0.2, 0.25) is 11.8 Å². The maximum absolute atomic E-state index is 14.4. The van der Waals surface area contributed by atoms with E-state index in [1.807, 2.05) is 30.3 Å². The van der Waals surface area contributed by atoms with Crippen LogP contribution >= 0.6 is 34.8 Å². The van der Waals surface area contributed by atoms with Gasteiger partial charge in [0, 0.05) is 35.1 Å². The fourth-order valence-electron chi connectivity index (χ4n) is 4.65. The van der Waals surface area contributed by atoms with Gasteiger partial charge < -0.3 is 10.2 Å². The Morgan fingerprint density at radius 3 is 2.12 bits per heavy atom. The molecule has 0 radical (unpaired) electrons. The van der Waals surface area contributed by atoms with Gasteiger partial charge in [-0.05, 0) is 60.0 Å². The zero-order valence-electron chi connectivity index (χ0n) is 23.5. The normalized spacial score (nSPS) is 11.9. The van der Waals surface area contributed by atoms with Gasteiger partial charge in [0.25, 0.3) is 10.0 Å². The van der Waals surface area contributed by atoms with Crippen molar-refractivity contribution in [3.63, 3.8) is 0 Å². The molecule has 4 rings (SSSR count). The van der Waals surface area contributed by atoms with Crippen molar-refractivity contribution in [2.24, 2.45) is 0 Å². The quantitative estimate of drug-likeness (QED) is 0.198. The van der Waals surface area contributed by atoms with E-state index in [0.717, 1.165) is 9.87 Å². The first-order valence-corrected chi connectivity index (χ1v) is 15.9. The van der Waals surface area contributed by atoms with E-state index in [0.29, 0.717) is 26.2 Å². The Balaban J connectivity index is 1.83. The van der Waals surface area contributed by atoms with Gasteiger partial charge in [-0.3, -0.25) is 13.9 Å². The lowest BCUT2D eigenvalue weighted by atomic mass is 10.0. The van der Waals surface area contributed by atoms with E-state index in [1.54, 1.807) is 61.5 Å². The monoisotopic (exact) mass is 657 g/mol. The summed E-state index contributed by atoms with van der Waals surface area (Å²) in [5.41, 5.74) is 2.08. The molecule has 1 atom stereocenters. The molecule has 0 aliphatic heterocycles. The van der Waals surface area contributed by atoms with Crippen LogP contribution < -0.4 is 9.62 Å². The largest absolute Gasteiger partial charge is 0.357 e. The molecule has 0 bridgehead atoms. The molecule has 224 valence electrons. The molecule has 0 spiro atoms. The molecule has 0 aromatic heterocycles. The number of nitrogens with zero attached hydrogens (tertiary/aromatic N) is 2. The van der Waals surface area contributed by atoms with Crippen molar-refractivity contribution in [2.75, 3.05) is 17.9 Å². The number of carbonyl (C=O) groups excluding carboxylic acids is 2. The summed E-state index contributed by atoms with van der Waals surface area (Å²) >= 11 is 19.0. The van der Waals surface area contributed by atoms with Gasteiger partial charge >= 0.3 is 0 Å². The van der Waals surface area contributed by atoms with Crippen molar-refractivity contribution in [1.29, 1.82) is 0 Å². The minimum absolute atomic E-state index is 0.00149. The van der Waals surface area contributed by atoms with Crippen molar-refractivity contribution in [3.8, 4) is 0 Å². The van der Waals surface area contributed by atoms with E-state index in [2.05, 4.69) is 5.32 Å². The summed E-state index contributed by atoms with van der Waals surface area (Å²) in [7, 11) is -2.75. The van der Waals surface area contributed by atoms with E-state index in [9.17, 15) is 18.0 Å². The summed E-state index contributed by atoms with van der Waals surface area (Å²) in [6.45, 7) is 1.00. The Morgan fingerprint density at radius 1 is 0.837 bits per heavy atom. The van der Waals surface area contributed by atoms with Crippen molar-refractivity contribution in [1.82, 2.24) is 10.2 Å². The first kappa shape index (κ1) is 32.4. The Kier molecular flexibility index (Phi) is 10.7. The van der Waals surface area contributed by atoms with Gasteiger partial charge in [-0.1, -0.05) is 95.5 Å². The fraction of sp³-hybridized carbons (Fsp3) is 0.188. The van der Waals surface area contributed by atoms with Gasteiger partial charge in [0.15, 0.2) is 0 Å².